The Morgan fingerprint density at radius 2 is 1.83 bits per heavy atom. The van der Waals surface area contributed by atoms with E-state index in [9.17, 15) is 9.59 Å². The standard InChI is InChI=1S/C17H27N4O2S/c1-10(2)7-8-24-15-13-14(18-12(19-15)9-11(3)4)20(5)17(23)21(6)16(13)22/h10-11,13H,7-9H2,1-6H3/q+1. The first kappa shape index (κ1) is 18.8. The molecule has 2 aliphatic rings. The second-order valence-electron chi connectivity index (χ2n) is 7.14. The molecule has 0 aromatic heterocycles. The van der Waals surface area contributed by atoms with Crippen molar-refractivity contribution in [2.75, 3.05) is 19.8 Å². The first-order valence-corrected chi connectivity index (χ1v) is 9.42. The fourth-order valence-corrected chi connectivity index (χ4v) is 3.93. The van der Waals surface area contributed by atoms with Gasteiger partial charge in [0.25, 0.3) is 5.84 Å². The second kappa shape index (κ2) is 7.59. The van der Waals surface area contributed by atoms with Gasteiger partial charge >= 0.3 is 11.9 Å². The van der Waals surface area contributed by atoms with Gasteiger partial charge in [-0.3, -0.25) is 4.79 Å². The molecule has 0 saturated heterocycles. The highest BCUT2D eigenvalue weighted by atomic mass is 32.2. The van der Waals surface area contributed by atoms with Gasteiger partial charge in [0.1, 0.15) is 5.04 Å². The Morgan fingerprint density at radius 3 is 2.42 bits per heavy atom. The summed E-state index contributed by atoms with van der Waals surface area (Å²) in [6, 6.07) is -0.340. The molecule has 0 aromatic rings. The molecule has 0 aliphatic carbocycles. The highest BCUT2D eigenvalue weighted by Crippen LogP contribution is 2.27. The van der Waals surface area contributed by atoms with Crippen LogP contribution in [0, 0.1) is 17.8 Å². The molecule has 7 heteroatoms. The molecule has 0 saturated carbocycles. The van der Waals surface area contributed by atoms with Crippen molar-refractivity contribution in [3.05, 3.63) is 0 Å². The van der Waals surface area contributed by atoms with E-state index in [0.29, 0.717) is 23.5 Å². The topological polar surface area (TPSA) is 65.1 Å². The van der Waals surface area contributed by atoms with Gasteiger partial charge in [0.05, 0.1) is 14.1 Å². The maximum Gasteiger partial charge on any atom is 0.445 e. The van der Waals surface area contributed by atoms with Crippen LogP contribution in [0.2, 0.25) is 0 Å². The number of hydrogen-bond donors (Lipinski definition) is 0. The minimum Gasteiger partial charge on any atom is -0.255 e. The quantitative estimate of drug-likeness (QED) is 0.715. The number of carbonyl (C=O) groups is 2. The lowest BCUT2D eigenvalue weighted by Crippen LogP contribution is -2.54. The predicted octanol–water partition coefficient (Wildman–Crippen LogP) is 2.87. The van der Waals surface area contributed by atoms with Crippen molar-refractivity contribution in [2.45, 2.75) is 40.5 Å². The van der Waals surface area contributed by atoms with E-state index in [4.69, 9.17) is 0 Å². The van der Waals surface area contributed by atoms with Gasteiger partial charge in [-0.25, -0.2) is 9.79 Å². The van der Waals surface area contributed by atoms with Crippen LogP contribution in [-0.4, -0.2) is 58.0 Å². The van der Waals surface area contributed by atoms with Crippen molar-refractivity contribution < 1.29 is 14.2 Å². The third-order valence-corrected chi connectivity index (χ3v) is 5.08. The lowest BCUT2D eigenvalue weighted by atomic mass is 10.0. The van der Waals surface area contributed by atoms with Gasteiger partial charge in [-0.05, 0) is 24.0 Å². The lowest BCUT2D eigenvalue weighted by Gasteiger charge is -2.26. The third-order valence-electron chi connectivity index (χ3n) is 4.02. The van der Waals surface area contributed by atoms with Crippen LogP contribution in [0.4, 0.5) is 4.79 Å². The second-order valence-corrected chi connectivity index (χ2v) is 8.25. The summed E-state index contributed by atoms with van der Waals surface area (Å²) in [4.78, 5) is 35.2. The first-order chi connectivity index (χ1) is 11.2. The molecule has 3 amide bonds. The average Bonchev–Trinajstić information content (AvgIpc) is 2.49. The van der Waals surface area contributed by atoms with E-state index < -0.39 is 5.92 Å². The van der Waals surface area contributed by atoms with Crippen LogP contribution in [0.25, 0.3) is 0 Å². The molecule has 132 valence electrons. The highest BCUT2D eigenvalue weighted by Gasteiger charge is 2.49. The molecule has 2 rings (SSSR count). The lowest BCUT2D eigenvalue weighted by molar-refractivity contribution is -0.407. The third kappa shape index (κ3) is 3.94. The molecule has 0 radical (unpaired) electrons. The number of aliphatic imine (C=N–C) groups is 2. The van der Waals surface area contributed by atoms with Crippen molar-refractivity contribution >= 4 is 40.4 Å². The normalized spacial score (nSPS) is 21.5. The van der Waals surface area contributed by atoms with E-state index in [2.05, 4.69) is 37.7 Å². The Balaban J connectivity index is 2.39. The molecule has 0 spiro atoms. The van der Waals surface area contributed by atoms with E-state index in [1.54, 1.807) is 18.8 Å². The van der Waals surface area contributed by atoms with E-state index in [0.717, 1.165) is 28.5 Å². The fourth-order valence-electron chi connectivity index (χ4n) is 2.59. The minimum atomic E-state index is -0.550. The Bertz CT molecular complexity index is 635. The molecular formula is C17H27N4O2S+. The molecule has 2 heterocycles. The van der Waals surface area contributed by atoms with E-state index in [1.807, 2.05) is 0 Å². The Morgan fingerprint density at radius 1 is 1.17 bits per heavy atom. The zero-order valence-corrected chi connectivity index (χ0v) is 16.2. The number of urea groups is 1. The van der Waals surface area contributed by atoms with Gasteiger partial charge in [0.15, 0.2) is 5.92 Å². The fraction of sp³-hybridized carbons (Fsp3) is 0.706. The summed E-state index contributed by atoms with van der Waals surface area (Å²) in [5.41, 5.74) is 0. The SMILES string of the molecule is CC(C)CCSC1=NC(CC(C)C)=NC2=[N+](C)C(=O)N(C)C(=O)C12. The van der Waals surface area contributed by atoms with Gasteiger partial charge in [-0.2, -0.15) is 9.48 Å². The minimum absolute atomic E-state index is 0.240. The number of amides is 3. The Kier molecular flexibility index (Phi) is 5.96. The molecule has 1 atom stereocenters. The van der Waals surface area contributed by atoms with Crippen molar-refractivity contribution in [1.82, 2.24) is 4.90 Å². The summed E-state index contributed by atoms with van der Waals surface area (Å²) in [6.45, 7) is 8.57. The summed E-state index contributed by atoms with van der Waals surface area (Å²) < 4.78 is 1.48. The Hall–Kier alpha value is -1.50. The maximum absolute atomic E-state index is 12.6. The number of carbonyl (C=O) groups excluding carboxylic acids is 2. The van der Waals surface area contributed by atoms with Crippen LogP contribution in [0.15, 0.2) is 9.98 Å². The molecule has 2 aliphatic heterocycles. The molecular weight excluding hydrogens is 324 g/mol. The number of fused-ring (bicyclic) bond motifs is 1. The van der Waals surface area contributed by atoms with Crippen LogP contribution < -0.4 is 0 Å². The number of thioether (sulfide) groups is 1. The van der Waals surface area contributed by atoms with Gasteiger partial charge in [0.2, 0.25) is 5.84 Å². The molecule has 0 bridgehead atoms. The number of amidine groups is 2. The van der Waals surface area contributed by atoms with Crippen molar-refractivity contribution in [2.24, 2.45) is 27.7 Å². The summed E-state index contributed by atoms with van der Waals surface area (Å²) in [7, 11) is 3.19. The maximum atomic E-state index is 12.6. The van der Waals surface area contributed by atoms with Crippen molar-refractivity contribution in [3.8, 4) is 0 Å². The highest BCUT2D eigenvalue weighted by molar-refractivity contribution is 8.14. The zero-order chi connectivity index (χ0) is 18.0. The number of rotatable bonds is 5. The van der Waals surface area contributed by atoms with Gasteiger partial charge in [-0.1, -0.05) is 32.7 Å². The predicted molar refractivity (Wildman–Crippen MR) is 99.1 cm³/mol. The van der Waals surface area contributed by atoms with Crippen LogP contribution in [0.1, 0.15) is 40.5 Å². The largest absolute Gasteiger partial charge is 0.445 e. The Labute approximate surface area is 148 Å². The molecule has 6 nitrogen and oxygen atoms in total. The zero-order valence-electron chi connectivity index (χ0n) is 15.4. The van der Waals surface area contributed by atoms with E-state index in [-0.39, 0.29) is 11.9 Å². The first-order valence-electron chi connectivity index (χ1n) is 8.43. The van der Waals surface area contributed by atoms with E-state index >= 15 is 0 Å². The number of nitrogens with zero attached hydrogens (tertiary/aromatic N) is 4. The van der Waals surface area contributed by atoms with Gasteiger partial charge < -0.3 is 0 Å². The van der Waals surface area contributed by atoms with Crippen LogP contribution in [-0.2, 0) is 4.79 Å². The van der Waals surface area contributed by atoms with Crippen molar-refractivity contribution in [1.29, 1.82) is 0 Å². The van der Waals surface area contributed by atoms with Gasteiger partial charge in [0, 0.05) is 6.42 Å². The monoisotopic (exact) mass is 351 g/mol. The summed E-state index contributed by atoms with van der Waals surface area (Å²) in [5, 5.41) is 0.771. The van der Waals surface area contributed by atoms with Gasteiger partial charge in [-0.15, -0.1) is 11.8 Å². The average molecular weight is 351 g/mol. The summed E-state index contributed by atoms with van der Waals surface area (Å²) >= 11 is 1.61. The molecule has 0 aromatic carbocycles. The van der Waals surface area contributed by atoms with E-state index in [1.165, 1.54) is 11.6 Å². The smallest absolute Gasteiger partial charge is 0.255 e. The molecule has 24 heavy (non-hydrogen) atoms. The molecule has 0 N–H and O–H groups in total. The van der Waals surface area contributed by atoms with Crippen LogP contribution in [0.5, 0.6) is 0 Å². The number of imide groups is 1. The molecule has 0 fully saturated rings. The summed E-state index contributed by atoms with van der Waals surface area (Å²) in [6.07, 6.45) is 1.79. The van der Waals surface area contributed by atoms with Crippen molar-refractivity contribution in [3.63, 3.8) is 0 Å². The van der Waals surface area contributed by atoms with Crippen LogP contribution >= 0.6 is 11.8 Å². The summed E-state index contributed by atoms with van der Waals surface area (Å²) in [5.74, 6) is 2.35. The number of hydrogen-bond acceptors (Lipinski definition) is 5. The van der Waals surface area contributed by atoms with Crippen LogP contribution in [0.3, 0.4) is 0 Å². The molecule has 1 unspecified atom stereocenters.